The molecular weight excluding hydrogens is 342 g/mol. The molecule has 0 aliphatic rings. The largest absolute Gasteiger partial charge is 0.490 e. The van der Waals surface area contributed by atoms with Crippen LogP contribution in [0.5, 0.6) is 11.5 Å². The van der Waals surface area contributed by atoms with Crippen molar-refractivity contribution in [1.82, 2.24) is 5.32 Å². The highest BCUT2D eigenvalue weighted by molar-refractivity contribution is 5.73. The van der Waals surface area contributed by atoms with Gasteiger partial charge in [-0.15, -0.1) is 0 Å². The van der Waals surface area contributed by atoms with Gasteiger partial charge in [0.15, 0.2) is 11.5 Å². The van der Waals surface area contributed by atoms with Gasteiger partial charge in [-0.25, -0.2) is 0 Å². The molecule has 0 radical (unpaired) electrons. The van der Waals surface area contributed by atoms with E-state index >= 15 is 0 Å². The summed E-state index contributed by atoms with van der Waals surface area (Å²) in [5.74, 6) is 0.784. The minimum absolute atomic E-state index is 0.294. The van der Waals surface area contributed by atoms with Crippen molar-refractivity contribution in [3.8, 4) is 11.5 Å². The molecule has 0 saturated heterocycles. The van der Waals surface area contributed by atoms with Crippen LogP contribution in [0.3, 0.4) is 0 Å². The van der Waals surface area contributed by atoms with Crippen LogP contribution in [-0.2, 0) is 17.9 Å². The Hall–Kier alpha value is -2.53. The normalized spacial score (nSPS) is 12.0. The molecule has 2 aromatic rings. The van der Waals surface area contributed by atoms with E-state index in [0.29, 0.717) is 43.6 Å². The van der Waals surface area contributed by atoms with Gasteiger partial charge in [-0.1, -0.05) is 56.3 Å². The molecule has 0 saturated carbocycles. The summed E-state index contributed by atoms with van der Waals surface area (Å²) in [7, 11) is 0. The van der Waals surface area contributed by atoms with Crippen molar-refractivity contribution in [1.29, 1.82) is 0 Å². The molecule has 27 heavy (non-hydrogen) atoms. The number of para-hydroxylation sites is 1. The van der Waals surface area contributed by atoms with E-state index in [-0.39, 0.29) is 0 Å². The maximum absolute atomic E-state index is 11.5. The summed E-state index contributed by atoms with van der Waals surface area (Å²) in [6.45, 7) is 7.31. The van der Waals surface area contributed by atoms with Crippen LogP contribution >= 0.6 is 0 Å². The van der Waals surface area contributed by atoms with Crippen LogP contribution in [0.1, 0.15) is 38.3 Å². The van der Waals surface area contributed by atoms with Crippen LogP contribution in [0.4, 0.5) is 0 Å². The highest BCUT2D eigenvalue weighted by Gasteiger charge is 2.19. The standard InChI is InChI=1S/C22H29NO4/c1-4-26-20-12-8-11-18(14-23-19(22(24)25)13-16(2)3)21(20)27-15-17-9-6-5-7-10-17/h5-12,16,19,23H,4,13-15H2,1-3H3,(H,24,25). The number of carboxylic acid groups (broad SMARTS) is 1. The molecule has 0 fully saturated rings. The second-order valence-corrected chi connectivity index (χ2v) is 6.85. The zero-order valence-electron chi connectivity index (χ0n) is 16.3. The molecule has 0 bridgehead atoms. The van der Waals surface area contributed by atoms with Crippen LogP contribution in [0.15, 0.2) is 48.5 Å². The Balaban J connectivity index is 2.16. The molecule has 0 amide bonds. The molecule has 2 rings (SSSR count). The van der Waals surface area contributed by atoms with Gasteiger partial charge >= 0.3 is 5.97 Å². The van der Waals surface area contributed by atoms with Crippen molar-refractivity contribution in [3.63, 3.8) is 0 Å². The van der Waals surface area contributed by atoms with Gasteiger partial charge in [-0.2, -0.15) is 0 Å². The van der Waals surface area contributed by atoms with Gasteiger partial charge in [-0.3, -0.25) is 4.79 Å². The van der Waals surface area contributed by atoms with Crippen molar-refractivity contribution < 1.29 is 19.4 Å². The quantitative estimate of drug-likeness (QED) is 0.618. The molecule has 146 valence electrons. The first kappa shape index (κ1) is 20.8. The summed E-state index contributed by atoms with van der Waals surface area (Å²) < 4.78 is 11.8. The van der Waals surface area contributed by atoms with Crippen LogP contribution in [0.2, 0.25) is 0 Å². The highest BCUT2D eigenvalue weighted by atomic mass is 16.5. The summed E-state index contributed by atoms with van der Waals surface area (Å²) in [5, 5.41) is 12.6. The van der Waals surface area contributed by atoms with E-state index in [4.69, 9.17) is 9.47 Å². The summed E-state index contributed by atoms with van der Waals surface area (Å²) in [5.41, 5.74) is 1.94. The maximum Gasteiger partial charge on any atom is 0.320 e. The maximum atomic E-state index is 11.5. The number of aliphatic carboxylic acids is 1. The predicted octanol–water partition coefficient (Wildman–Crippen LogP) is 4.25. The van der Waals surface area contributed by atoms with Crippen molar-refractivity contribution in [2.75, 3.05) is 6.61 Å². The Morgan fingerprint density at radius 2 is 1.81 bits per heavy atom. The second-order valence-electron chi connectivity index (χ2n) is 6.85. The Morgan fingerprint density at radius 3 is 2.44 bits per heavy atom. The lowest BCUT2D eigenvalue weighted by Gasteiger charge is -2.19. The summed E-state index contributed by atoms with van der Waals surface area (Å²) >= 11 is 0. The SMILES string of the molecule is CCOc1cccc(CNC(CC(C)C)C(=O)O)c1OCc1ccccc1. The van der Waals surface area contributed by atoms with Crippen molar-refractivity contribution in [2.24, 2.45) is 5.92 Å². The number of rotatable bonds is 11. The molecule has 5 nitrogen and oxygen atoms in total. The third-order valence-corrected chi connectivity index (χ3v) is 4.13. The second kappa shape index (κ2) is 10.6. The van der Waals surface area contributed by atoms with Gasteiger partial charge in [0, 0.05) is 12.1 Å². The van der Waals surface area contributed by atoms with Gasteiger partial charge in [0.1, 0.15) is 12.6 Å². The Labute approximate surface area is 161 Å². The number of hydrogen-bond donors (Lipinski definition) is 2. The molecule has 5 heteroatoms. The number of nitrogens with one attached hydrogen (secondary N) is 1. The Bertz CT molecular complexity index is 716. The van der Waals surface area contributed by atoms with Crippen molar-refractivity contribution in [3.05, 3.63) is 59.7 Å². The fourth-order valence-corrected chi connectivity index (χ4v) is 2.84. The fourth-order valence-electron chi connectivity index (χ4n) is 2.84. The van der Waals surface area contributed by atoms with E-state index in [1.165, 1.54) is 0 Å². The first-order chi connectivity index (χ1) is 13.0. The predicted molar refractivity (Wildman–Crippen MR) is 106 cm³/mol. The van der Waals surface area contributed by atoms with Gasteiger partial charge in [0.05, 0.1) is 6.61 Å². The van der Waals surface area contributed by atoms with E-state index in [2.05, 4.69) is 5.32 Å². The lowest BCUT2D eigenvalue weighted by molar-refractivity contribution is -0.140. The van der Waals surface area contributed by atoms with E-state index in [0.717, 1.165) is 11.1 Å². The zero-order chi connectivity index (χ0) is 19.6. The van der Waals surface area contributed by atoms with Gasteiger partial charge in [-0.05, 0) is 30.9 Å². The molecule has 0 aliphatic carbocycles. The fraction of sp³-hybridized carbons (Fsp3) is 0.409. The average Bonchev–Trinajstić information content (AvgIpc) is 2.65. The summed E-state index contributed by atoms with van der Waals surface area (Å²) in [6.07, 6.45) is 0.570. The van der Waals surface area contributed by atoms with Crippen molar-refractivity contribution in [2.45, 2.75) is 46.4 Å². The first-order valence-electron chi connectivity index (χ1n) is 9.38. The van der Waals surface area contributed by atoms with E-state index in [9.17, 15) is 9.90 Å². The van der Waals surface area contributed by atoms with E-state index in [1.54, 1.807) is 0 Å². The van der Waals surface area contributed by atoms with Crippen molar-refractivity contribution >= 4 is 5.97 Å². The first-order valence-corrected chi connectivity index (χ1v) is 9.38. The molecule has 0 spiro atoms. The monoisotopic (exact) mass is 371 g/mol. The topological polar surface area (TPSA) is 67.8 Å². The van der Waals surface area contributed by atoms with E-state index < -0.39 is 12.0 Å². The molecule has 2 N–H and O–H groups in total. The lowest BCUT2D eigenvalue weighted by atomic mass is 10.0. The summed E-state index contributed by atoms with van der Waals surface area (Å²) in [6, 6.07) is 15.0. The van der Waals surface area contributed by atoms with Crippen LogP contribution < -0.4 is 14.8 Å². The third kappa shape index (κ3) is 6.61. The third-order valence-electron chi connectivity index (χ3n) is 4.13. The molecular formula is C22H29NO4. The average molecular weight is 371 g/mol. The smallest absolute Gasteiger partial charge is 0.320 e. The number of carbonyl (C=O) groups is 1. The van der Waals surface area contributed by atoms with Gasteiger partial charge < -0.3 is 19.9 Å². The highest BCUT2D eigenvalue weighted by Crippen LogP contribution is 2.32. The van der Waals surface area contributed by atoms with Crippen LogP contribution in [-0.4, -0.2) is 23.7 Å². The molecule has 1 unspecified atom stereocenters. The van der Waals surface area contributed by atoms with Gasteiger partial charge in [0.25, 0.3) is 0 Å². The van der Waals surface area contributed by atoms with E-state index in [1.807, 2.05) is 69.3 Å². The Kier molecular flexibility index (Phi) is 8.14. The molecule has 0 heterocycles. The number of ether oxygens (including phenoxy) is 2. The number of carboxylic acids is 1. The summed E-state index contributed by atoms with van der Waals surface area (Å²) in [4.78, 5) is 11.5. The lowest BCUT2D eigenvalue weighted by Crippen LogP contribution is -2.37. The zero-order valence-corrected chi connectivity index (χ0v) is 16.3. The van der Waals surface area contributed by atoms with Crippen LogP contribution in [0, 0.1) is 5.92 Å². The number of hydrogen-bond acceptors (Lipinski definition) is 4. The number of benzene rings is 2. The molecule has 0 aromatic heterocycles. The molecule has 1 atom stereocenters. The molecule has 2 aromatic carbocycles. The van der Waals surface area contributed by atoms with Gasteiger partial charge in [0.2, 0.25) is 0 Å². The minimum atomic E-state index is -0.837. The minimum Gasteiger partial charge on any atom is -0.490 e. The Morgan fingerprint density at radius 1 is 1.07 bits per heavy atom. The van der Waals surface area contributed by atoms with Crippen LogP contribution in [0.25, 0.3) is 0 Å². The molecule has 0 aliphatic heterocycles.